The summed E-state index contributed by atoms with van der Waals surface area (Å²) in [5.74, 6) is 0.609. The smallest absolute Gasteiger partial charge is 0.165 e. The number of hydrogen-bond acceptors (Lipinski definition) is 3. The number of nitrogens with one attached hydrogen (secondary N) is 1. The lowest BCUT2D eigenvalue weighted by atomic mass is 10.1. The van der Waals surface area contributed by atoms with Crippen molar-refractivity contribution in [3.05, 3.63) is 48.3 Å². The second-order valence-corrected chi connectivity index (χ2v) is 4.14. The van der Waals surface area contributed by atoms with Crippen molar-refractivity contribution in [2.45, 2.75) is 11.3 Å². The first-order chi connectivity index (χ1) is 7.36. The third-order valence-electron chi connectivity index (χ3n) is 2.04. The summed E-state index contributed by atoms with van der Waals surface area (Å²) in [6.45, 7) is 0. The normalized spacial score (nSPS) is 12.6. The summed E-state index contributed by atoms with van der Waals surface area (Å²) in [7, 11) is 0. The molecule has 0 aliphatic carbocycles. The van der Waals surface area contributed by atoms with E-state index in [1.165, 1.54) is 11.8 Å². The summed E-state index contributed by atoms with van der Waals surface area (Å²) < 4.78 is 0. The third kappa shape index (κ3) is 2.84. The lowest BCUT2D eigenvalue weighted by Gasteiger charge is -2.08. The Morgan fingerprint density at radius 1 is 1.33 bits per heavy atom. The molecule has 4 heteroatoms. The highest BCUT2D eigenvalue weighted by atomic mass is 32.2. The fourth-order valence-corrected chi connectivity index (χ4v) is 2.05. The molecule has 2 N–H and O–H groups in total. The number of nitrogens with zero attached hydrogens (tertiary/aromatic N) is 1. The summed E-state index contributed by atoms with van der Waals surface area (Å²) >= 11 is 1.51. The van der Waals surface area contributed by atoms with E-state index in [1.807, 2.05) is 30.3 Å². The lowest BCUT2D eigenvalue weighted by molar-refractivity contribution is 0.204. The molecule has 1 aromatic carbocycles. The highest BCUT2D eigenvalue weighted by Gasteiger charge is 2.07. The molecule has 0 amide bonds. The molecule has 0 saturated carbocycles. The fourth-order valence-electron chi connectivity index (χ4n) is 1.26. The summed E-state index contributed by atoms with van der Waals surface area (Å²) in [4.78, 5) is 7.06. The first-order valence-corrected chi connectivity index (χ1v) is 5.70. The van der Waals surface area contributed by atoms with E-state index in [-0.39, 0.29) is 0 Å². The van der Waals surface area contributed by atoms with Crippen LogP contribution in [0.2, 0.25) is 0 Å². The van der Waals surface area contributed by atoms with Gasteiger partial charge in [-0.3, -0.25) is 0 Å². The first-order valence-electron chi connectivity index (χ1n) is 4.71. The Morgan fingerprint density at radius 3 is 2.80 bits per heavy atom. The van der Waals surface area contributed by atoms with Gasteiger partial charge in [-0.1, -0.05) is 42.1 Å². The van der Waals surface area contributed by atoms with Gasteiger partial charge in [0, 0.05) is 18.1 Å². The van der Waals surface area contributed by atoms with Gasteiger partial charge < -0.3 is 10.1 Å². The SMILES string of the molecule is OC(CSc1ncc[nH]1)c1ccccc1. The molecule has 1 heterocycles. The van der Waals surface area contributed by atoms with E-state index in [9.17, 15) is 5.11 Å². The van der Waals surface area contributed by atoms with Crippen molar-refractivity contribution >= 4 is 11.8 Å². The second kappa shape index (κ2) is 5.00. The van der Waals surface area contributed by atoms with Crippen molar-refractivity contribution in [1.82, 2.24) is 9.97 Å². The van der Waals surface area contributed by atoms with Crippen LogP contribution in [0.15, 0.2) is 47.9 Å². The number of aromatic amines is 1. The predicted molar refractivity (Wildman–Crippen MR) is 60.7 cm³/mol. The van der Waals surface area contributed by atoms with Gasteiger partial charge in [0.15, 0.2) is 5.16 Å². The Morgan fingerprint density at radius 2 is 2.13 bits per heavy atom. The van der Waals surface area contributed by atoms with Crippen molar-refractivity contribution in [2.24, 2.45) is 0 Å². The molecule has 1 atom stereocenters. The molecule has 2 aromatic rings. The van der Waals surface area contributed by atoms with Crippen molar-refractivity contribution in [3.8, 4) is 0 Å². The summed E-state index contributed by atoms with van der Waals surface area (Å²) in [5, 5.41) is 10.7. The van der Waals surface area contributed by atoms with Crippen molar-refractivity contribution in [3.63, 3.8) is 0 Å². The van der Waals surface area contributed by atoms with Gasteiger partial charge in [0.1, 0.15) is 0 Å². The van der Waals surface area contributed by atoms with Gasteiger partial charge in [-0.05, 0) is 5.56 Å². The van der Waals surface area contributed by atoms with E-state index >= 15 is 0 Å². The zero-order chi connectivity index (χ0) is 10.5. The number of imidazole rings is 1. The highest BCUT2D eigenvalue weighted by molar-refractivity contribution is 7.99. The van der Waals surface area contributed by atoms with Crippen molar-refractivity contribution < 1.29 is 5.11 Å². The molecular weight excluding hydrogens is 208 g/mol. The van der Waals surface area contributed by atoms with Crippen LogP contribution >= 0.6 is 11.8 Å². The number of aromatic nitrogens is 2. The molecular formula is C11H12N2OS. The van der Waals surface area contributed by atoms with Crippen LogP contribution in [-0.4, -0.2) is 20.8 Å². The average molecular weight is 220 g/mol. The van der Waals surface area contributed by atoms with Crippen LogP contribution in [0.5, 0.6) is 0 Å². The summed E-state index contributed by atoms with van der Waals surface area (Å²) in [5.41, 5.74) is 0.941. The number of thioether (sulfide) groups is 1. The van der Waals surface area contributed by atoms with E-state index in [0.717, 1.165) is 10.7 Å². The number of aliphatic hydroxyl groups is 1. The maximum absolute atomic E-state index is 9.86. The monoisotopic (exact) mass is 220 g/mol. The summed E-state index contributed by atoms with van der Waals surface area (Å²) in [6.07, 6.45) is 3.04. The Balaban J connectivity index is 1.90. The minimum Gasteiger partial charge on any atom is -0.388 e. The predicted octanol–water partition coefficient (Wildman–Crippen LogP) is 2.24. The van der Waals surface area contributed by atoms with Crippen LogP contribution in [0.3, 0.4) is 0 Å². The zero-order valence-corrected chi connectivity index (χ0v) is 8.95. The van der Waals surface area contributed by atoms with Crippen molar-refractivity contribution in [1.29, 1.82) is 0 Å². The highest BCUT2D eigenvalue weighted by Crippen LogP contribution is 2.21. The number of rotatable bonds is 4. The molecule has 3 nitrogen and oxygen atoms in total. The van der Waals surface area contributed by atoms with E-state index in [2.05, 4.69) is 9.97 Å². The molecule has 1 unspecified atom stereocenters. The Hall–Kier alpha value is -1.26. The number of H-pyrrole nitrogens is 1. The lowest BCUT2D eigenvalue weighted by Crippen LogP contribution is -2.00. The second-order valence-electron chi connectivity index (χ2n) is 3.13. The molecule has 0 aliphatic rings. The van der Waals surface area contributed by atoms with Gasteiger partial charge in [0.05, 0.1) is 6.10 Å². The van der Waals surface area contributed by atoms with Crippen LogP contribution in [-0.2, 0) is 0 Å². The van der Waals surface area contributed by atoms with E-state index in [1.54, 1.807) is 12.4 Å². The minimum atomic E-state index is -0.443. The maximum Gasteiger partial charge on any atom is 0.165 e. The van der Waals surface area contributed by atoms with Gasteiger partial charge in [0.25, 0.3) is 0 Å². The number of hydrogen-bond donors (Lipinski definition) is 2. The molecule has 15 heavy (non-hydrogen) atoms. The molecule has 78 valence electrons. The minimum absolute atomic E-state index is 0.443. The zero-order valence-electron chi connectivity index (χ0n) is 8.13. The molecule has 2 rings (SSSR count). The molecule has 0 radical (unpaired) electrons. The molecule has 0 saturated heterocycles. The maximum atomic E-state index is 9.86. The van der Waals surface area contributed by atoms with Crippen LogP contribution < -0.4 is 0 Å². The molecule has 0 bridgehead atoms. The van der Waals surface area contributed by atoms with Crippen LogP contribution in [0.4, 0.5) is 0 Å². The van der Waals surface area contributed by atoms with Crippen LogP contribution in [0.1, 0.15) is 11.7 Å². The quantitative estimate of drug-likeness (QED) is 0.777. The van der Waals surface area contributed by atoms with Gasteiger partial charge in [-0.25, -0.2) is 4.98 Å². The molecule has 0 aliphatic heterocycles. The van der Waals surface area contributed by atoms with E-state index < -0.39 is 6.10 Å². The Kier molecular flexibility index (Phi) is 3.42. The van der Waals surface area contributed by atoms with Crippen LogP contribution in [0.25, 0.3) is 0 Å². The molecule has 0 fully saturated rings. The largest absolute Gasteiger partial charge is 0.388 e. The van der Waals surface area contributed by atoms with Crippen molar-refractivity contribution in [2.75, 3.05) is 5.75 Å². The fraction of sp³-hybridized carbons (Fsp3) is 0.182. The topological polar surface area (TPSA) is 48.9 Å². The van der Waals surface area contributed by atoms with E-state index in [0.29, 0.717) is 5.75 Å². The average Bonchev–Trinajstić information content (AvgIpc) is 2.80. The third-order valence-corrected chi connectivity index (χ3v) is 3.01. The van der Waals surface area contributed by atoms with Gasteiger partial charge >= 0.3 is 0 Å². The van der Waals surface area contributed by atoms with Gasteiger partial charge in [-0.2, -0.15) is 0 Å². The molecule has 0 spiro atoms. The molecule has 1 aromatic heterocycles. The number of benzene rings is 1. The van der Waals surface area contributed by atoms with Gasteiger partial charge in [-0.15, -0.1) is 0 Å². The standard InChI is InChI=1S/C11H12N2OS/c14-10(9-4-2-1-3-5-9)8-15-11-12-6-7-13-11/h1-7,10,14H,8H2,(H,12,13). The first kappa shape index (κ1) is 10.3. The van der Waals surface area contributed by atoms with Crippen LogP contribution in [0, 0.1) is 0 Å². The van der Waals surface area contributed by atoms with Gasteiger partial charge in [0.2, 0.25) is 0 Å². The van der Waals surface area contributed by atoms with E-state index in [4.69, 9.17) is 0 Å². The number of aliphatic hydroxyl groups excluding tert-OH is 1. The Labute approximate surface area is 92.6 Å². The Bertz CT molecular complexity index is 388. The summed E-state index contributed by atoms with van der Waals surface area (Å²) in [6, 6.07) is 9.64.